The van der Waals surface area contributed by atoms with E-state index in [-0.39, 0.29) is 0 Å². The van der Waals surface area contributed by atoms with Gasteiger partial charge in [0.25, 0.3) is 0 Å². The van der Waals surface area contributed by atoms with E-state index in [4.69, 9.17) is 27.9 Å². The molecule has 1 aromatic carbocycles. The predicted molar refractivity (Wildman–Crippen MR) is 86.0 cm³/mol. The van der Waals surface area contributed by atoms with E-state index in [0.29, 0.717) is 10.0 Å². The smallest absolute Gasteiger partial charge is 0.190 e. The number of benzene rings is 1. The van der Waals surface area contributed by atoms with Gasteiger partial charge in [0.2, 0.25) is 0 Å². The molecule has 112 valence electrons. The largest absolute Gasteiger partial charge is 0.385 e. The van der Waals surface area contributed by atoms with Crippen molar-refractivity contribution in [1.82, 2.24) is 10.6 Å². The number of aliphatic imine (C=N–C) groups is 1. The van der Waals surface area contributed by atoms with Crippen LogP contribution in [0, 0.1) is 0 Å². The van der Waals surface area contributed by atoms with Crippen LogP contribution < -0.4 is 10.6 Å². The van der Waals surface area contributed by atoms with E-state index in [2.05, 4.69) is 15.6 Å². The third kappa shape index (κ3) is 6.46. The van der Waals surface area contributed by atoms with Crippen LogP contribution in [0.3, 0.4) is 0 Å². The molecule has 0 unspecified atom stereocenters. The van der Waals surface area contributed by atoms with Crippen LogP contribution in [0.1, 0.15) is 12.0 Å². The Balaban J connectivity index is 2.31. The molecule has 0 saturated carbocycles. The maximum Gasteiger partial charge on any atom is 0.190 e. The molecule has 0 aliphatic heterocycles. The predicted octanol–water partition coefficient (Wildman–Crippen LogP) is 2.74. The van der Waals surface area contributed by atoms with E-state index in [1.807, 2.05) is 12.1 Å². The van der Waals surface area contributed by atoms with Gasteiger partial charge in [-0.25, -0.2) is 0 Å². The molecule has 20 heavy (non-hydrogen) atoms. The molecule has 1 rings (SSSR count). The normalized spacial score (nSPS) is 11.5. The number of rotatable bonds is 7. The topological polar surface area (TPSA) is 45.7 Å². The summed E-state index contributed by atoms with van der Waals surface area (Å²) in [5, 5.41) is 7.81. The molecular formula is C14H21Cl2N3O. The van der Waals surface area contributed by atoms with Crippen molar-refractivity contribution in [3.8, 4) is 0 Å². The molecule has 0 radical (unpaired) electrons. The highest BCUT2D eigenvalue weighted by Gasteiger charge is 2.02. The van der Waals surface area contributed by atoms with Gasteiger partial charge in [0.1, 0.15) is 0 Å². The van der Waals surface area contributed by atoms with Gasteiger partial charge in [0.15, 0.2) is 5.96 Å². The van der Waals surface area contributed by atoms with Gasteiger partial charge in [-0.05, 0) is 30.5 Å². The SMILES string of the molecule is CN=C(NCCCOC)NCCc1ccc(Cl)cc1Cl. The van der Waals surface area contributed by atoms with Gasteiger partial charge in [-0.2, -0.15) is 0 Å². The van der Waals surface area contributed by atoms with Crippen LogP contribution in [0.2, 0.25) is 10.0 Å². The van der Waals surface area contributed by atoms with Gasteiger partial charge in [-0.1, -0.05) is 29.3 Å². The van der Waals surface area contributed by atoms with Gasteiger partial charge in [0.05, 0.1) is 0 Å². The molecule has 1 aromatic rings. The number of halogens is 2. The number of nitrogens with one attached hydrogen (secondary N) is 2. The first-order valence-corrected chi connectivity index (χ1v) is 7.30. The summed E-state index contributed by atoms with van der Waals surface area (Å²) in [5.74, 6) is 0.784. The van der Waals surface area contributed by atoms with Crippen LogP contribution in [0.25, 0.3) is 0 Å². The Kier molecular flexibility index (Phi) is 8.42. The third-order valence-corrected chi connectivity index (χ3v) is 3.33. The van der Waals surface area contributed by atoms with Gasteiger partial charge in [0, 0.05) is 43.9 Å². The van der Waals surface area contributed by atoms with Crippen LogP contribution in [0.4, 0.5) is 0 Å². The molecule has 0 saturated heterocycles. The van der Waals surface area contributed by atoms with Crippen molar-refractivity contribution in [3.63, 3.8) is 0 Å². The number of hydrogen-bond donors (Lipinski definition) is 2. The molecule has 6 heteroatoms. The number of methoxy groups -OCH3 is 1. The van der Waals surface area contributed by atoms with Crippen LogP contribution in [0.5, 0.6) is 0 Å². The van der Waals surface area contributed by atoms with E-state index in [1.54, 1.807) is 20.2 Å². The Morgan fingerprint density at radius 3 is 2.65 bits per heavy atom. The van der Waals surface area contributed by atoms with Crippen LogP contribution in [0.15, 0.2) is 23.2 Å². The summed E-state index contributed by atoms with van der Waals surface area (Å²) in [5.41, 5.74) is 1.07. The summed E-state index contributed by atoms with van der Waals surface area (Å²) in [6.07, 6.45) is 1.76. The Morgan fingerprint density at radius 1 is 1.25 bits per heavy atom. The van der Waals surface area contributed by atoms with Gasteiger partial charge < -0.3 is 15.4 Å². The minimum Gasteiger partial charge on any atom is -0.385 e. The molecule has 0 atom stereocenters. The molecule has 2 N–H and O–H groups in total. The molecular weight excluding hydrogens is 297 g/mol. The van der Waals surface area contributed by atoms with E-state index < -0.39 is 0 Å². The zero-order valence-corrected chi connectivity index (χ0v) is 13.4. The molecule has 0 fully saturated rings. The summed E-state index contributed by atoms with van der Waals surface area (Å²) >= 11 is 12.0. The molecule has 4 nitrogen and oxygen atoms in total. The van der Waals surface area contributed by atoms with Crippen molar-refractivity contribution in [2.24, 2.45) is 4.99 Å². The second kappa shape index (κ2) is 9.86. The zero-order chi connectivity index (χ0) is 14.8. The summed E-state index contributed by atoms with van der Waals surface area (Å²) < 4.78 is 4.99. The fourth-order valence-electron chi connectivity index (χ4n) is 1.68. The quantitative estimate of drug-likeness (QED) is 0.462. The molecule has 0 bridgehead atoms. The minimum absolute atomic E-state index is 0.655. The first kappa shape index (κ1) is 17.1. The number of hydrogen-bond acceptors (Lipinski definition) is 2. The standard InChI is InChI=1S/C14H21Cl2N3O/c1-17-14(18-7-3-9-20-2)19-8-6-11-4-5-12(15)10-13(11)16/h4-5,10H,3,6-9H2,1-2H3,(H2,17,18,19). The monoisotopic (exact) mass is 317 g/mol. The molecule has 0 aliphatic rings. The first-order valence-electron chi connectivity index (χ1n) is 6.54. The molecule has 0 spiro atoms. The lowest BCUT2D eigenvalue weighted by atomic mass is 10.1. The maximum atomic E-state index is 6.13. The molecule has 0 heterocycles. The van der Waals surface area contributed by atoms with Crippen molar-refractivity contribution in [2.45, 2.75) is 12.8 Å². The van der Waals surface area contributed by atoms with Crippen molar-refractivity contribution < 1.29 is 4.74 Å². The average molecular weight is 318 g/mol. The van der Waals surface area contributed by atoms with Crippen LogP contribution >= 0.6 is 23.2 Å². The zero-order valence-electron chi connectivity index (χ0n) is 11.9. The Bertz CT molecular complexity index is 438. The number of guanidine groups is 1. The van der Waals surface area contributed by atoms with E-state index in [1.165, 1.54) is 0 Å². The highest BCUT2D eigenvalue weighted by molar-refractivity contribution is 6.35. The highest BCUT2D eigenvalue weighted by atomic mass is 35.5. The Hall–Kier alpha value is -0.970. The van der Waals surface area contributed by atoms with E-state index >= 15 is 0 Å². The van der Waals surface area contributed by atoms with E-state index in [9.17, 15) is 0 Å². The summed E-state index contributed by atoms with van der Waals surface area (Å²) in [6, 6.07) is 5.55. The number of nitrogens with zero attached hydrogens (tertiary/aromatic N) is 1. The molecule has 0 amide bonds. The summed E-state index contributed by atoms with van der Waals surface area (Å²) in [7, 11) is 3.45. The molecule has 0 aliphatic carbocycles. The molecule has 0 aromatic heterocycles. The Morgan fingerprint density at radius 2 is 2.00 bits per heavy atom. The van der Waals surface area contributed by atoms with Crippen molar-refractivity contribution in [3.05, 3.63) is 33.8 Å². The second-order valence-corrected chi connectivity index (χ2v) is 5.10. The van der Waals surface area contributed by atoms with Crippen molar-refractivity contribution in [1.29, 1.82) is 0 Å². The maximum absolute atomic E-state index is 6.13. The van der Waals surface area contributed by atoms with Gasteiger partial charge in [-0.15, -0.1) is 0 Å². The Labute approximate surface area is 130 Å². The highest BCUT2D eigenvalue weighted by Crippen LogP contribution is 2.20. The fourth-order valence-corrected chi connectivity index (χ4v) is 2.19. The number of ether oxygens (including phenoxy) is 1. The lowest BCUT2D eigenvalue weighted by Crippen LogP contribution is -2.39. The lowest BCUT2D eigenvalue weighted by Gasteiger charge is -2.12. The second-order valence-electron chi connectivity index (χ2n) is 4.26. The van der Waals surface area contributed by atoms with Crippen molar-refractivity contribution in [2.75, 3.05) is 33.9 Å². The van der Waals surface area contributed by atoms with Crippen LogP contribution in [-0.4, -0.2) is 39.8 Å². The average Bonchev–Trinajstić information content (AvgIpc) is 2.43. The van der Waals surface area contributed by atoms with E-state index in [0.717, 1.165) is 44.1 Å². The van der Waals surface area contributed by atoms with Gasteiger partial charge >= 0.3 is 0 Å². The van der Waals surface area contributed by atoms with Gasteiger partial charge in [-0.3, -0.25) is 4.99 Å². The summed E-state index contributed by atoms with van der Waals surface area (Å²) in [6.45, 7) is 2.32. The summed E-state index contributed by atoms with van der Waals surface area (Å²) in [4.78, 5) is 4.15. The fraction of sp³-hybridized carbons (Fsp3) is 0.500. The first-order chi connectivity index (χ1) is 9.67. The third-order valence-electron chi connectivity index (χ3n) is 2.74. The minimum atomic E-state index is 0.655. The van der Waals surface area contributed by atoms with Crippen molar-refractivity contribution >= 4 is 29.2 Å². The van der Waals surface area contributed by atoms with Crippen LogP contribution in [-0.2, 0) is 11.2 Å². The lowest BCUT2D eigenvalue weighted by molar-refractivity contribution is 0.195.